The quantitative estimate of drug-likeness (QED) is 0.111. The van der Waals surface area contributed by atoms with Crippen molar-refractivity contribution in [1.29, 1.82) is 5.41 Å². The zero-order valence-corrected chi connectivity index (χ0v) is 27.5. The second kappa shape index (κ2) is 13.0. The average Bonchev–Trinajstić information content (AvgIpc) is 3.60. The summed E-state index contributed by atoms with van der Waals surface area (Å²) in [4.78, 5) is 32.8. The van der Waals surface area contributed by atoms with Gasteiger partial charge in [0.2, 0.25) is 0 Å². The molecule has 244 valence electrons. The summed E-state index contributed by atoms with van der Waals surface area (Å²) < 4.78 is 32.4. The molecule has 3 aromatic rings. The molecule has 1 aliphatic heterocycles. The van der Waals surface area contributed by atoms with Gasteiger partial charge >= 0.3 is 12.6 Å². The van der Waals surface area contributed by atoms with E-state index in [0.29, 0.717) is 49.0 Å². The van der Waals surface area contributed by atoms with Crippen LogP contribution in [0.3, 0.4) is 0 Å². The first kappa shape index (κ1) is 33.4. The molecule has 0 spiro atoms. The van der Waals surface area contributed by atoms with Crippen molar-refractivity contribution < 1.29 is 23.1 Å². The van der Waals surface area contributed by atoms with E-state index in [4.69, 9.17) is 21.7 Å². The molecule has 2 aromatic carbocycles. The van der Waals surface area contributed by atoms with Gasteiger partial charge in [-0.05, 0) is 53.5 Å². The number of nitrogens with one attached hydrogen (secondary N) is 3. The number of carbonyl (C=O) groups excluding carboxylic acids is 2. The van der Waals surface area contributed by atoms with Gasteiger partial charge in [0.1, 0.15) is 12.1 Å². The molecule has 5 rings (SSSR count). The molecule has 1 aromatic heterocycles. The number of hydrogen-bond acceptors (Lipinski definition) is 6. The average molecular weight is 672 g/mol. The first-order valence-electron chi connectivity index (χ1n) is 14.7. The Hall–Kier alpha value is -3.97. The minimum absolute atomic E-state index is 0.0705. The number of aromatic nitrogens is 2. The maximum atomic E-state index is 14.7. The highest BCUT2D eigenvalue weighted by molar-refractivity contribution is 7.97. The van der Waals surface area contributed by atoms with Crippen molar-refractivity contribution in [2.45, 2.75) is 64.2 Å². The van der Waals surface area contributed by atoms with E-state index in [-0.39, 0.29) is 24.0 Å². The highest BCUT2D eigenvalue weighted by Crippen LogP contribution is 2.43. The van der Waals surface area contributed by atoms with Crippen LogP contribution in [-0.4, -0.2) is 57.4 Å². The van der Waals surface area contributed by atoms with Gasteiger partial charge in [-0.25, -0.2) is 9.48 Å². The van der Waals surface area contributed by atoms with E-state index >= 15 is 0 Å². The zero-order chi connectivity index (χ0) is 33.4. The van der Waals surface area contributed by atoms with E-state index in [1.54, 1.807) is 49.5 Å². The lowest BCUT2D eigenvalue weighted by molar-refractivity contribution is -0.134. The van der Waals surface area contributed by atoms with Gasteiger partial charge in [0.05, 0.1) is 22.3 Å². The minimum Gasteiger partial charge on any atom is -0.447 e. The summed E-state index contributed by atoms with van der Waals surface area (Å²) >= 11 is 10.9. The first-order valence-corrected chi connectivity index (χ1v) is 15.6. The highest BCUT2D eigenvalue weighted by Gasteiger charge is 2.54. The molecule has 14 heteroatoms. The molecule has 0 radical (unpaired) electrons. The Morgan fingerprint density at radius 2 is 1.93 bits per heavy atom. The normalized spacial score (nSPS) is 19.4. The maximum absolute atomic E-state index is 14.7. The van der Waals surface area contributed by atoms with Crippen LogP contribution in [0.1, 0.15) is 69.3 Å². The van der Waals surface area contributed by atoms with Crippen LogP contribution in [0, 0.1) is 10.8 Å². The van der Waals surface area contributed by atoms with Crippen LogP contribution in [0.25, 0.3) is 11.1 Å². The molecule has 1 saturated heterocycles. The predicted molar refractivity (Wildman–Crippen MR) is 176 cm³/mol. The van der Waals surface area contributed by atoms with Crippen molar-refractivity contribution in [1.82, 2.24) is 25.3 Å². The number of ether oxygens (including phenoxy) is 1. The molecule has 2 fully saturated rings. The minimum atomic E-state index is -2.76. The molecule has 1 aliphatic carbocycles. The topological polar surface area (TPSA) is 125 Å². The molecule has 2 atom stereocenters. The lowest BCUT2D eigenvalue weighted by Crippen LogP contribution is -2.47. The third-order valence-corrected chi connectivity index (χ3v) is 8.65. The fraction of sp³-hybridized carbons (Fsp3) is 0.406. The van der Waals surface area contributed by atoms with E-state index < -0.39 is 30.1 Å². The smallest absolute Gasteiger partial charge is 0.407 e. The van der Waals surface area contributed by atoms with Crippen LogP contribution in [0.4, 0.5) is 13.6 Å². The number of nitrogens with zero attached hydrogens (tertiary/aromatic N) is 4. The fourth-order valence-electron chi connectivity index (χ4n) is 5.63. The van der Waals surface area contributed by atoms with Crippen LogP contribution in [0.15, 0.2) is 59.9 Å². The Labute approximate surface area is 276 Å². The molecule has 1 saturated carbocycles. The number of alkyl halides is 2. The number of hydrogen-bond donors (Lipinski definition) is 4. The van der Waals surface area contributed by atoms with Gasteiger partial charge < -0.3 is 15.4 Å². The number of halogens is 3. The number of guanidine groups is 1. The molecule has 2 amide bonds. The van der Waals surface area contributed by atoms with Gasteiger partial charge in [-0.2, -0.15) is 13.9 Å². The summed E-state index contributed by atoms with van der Waals surface area (Å²) in [7, 11) is 1.58. The van der Waals surface area contributed by atoms with Gasteiger partial charge in [-0.15, -0.1) is 12.6 Å². The number of aliphatic imine (C=N–C) groups is 1. The van der Waals surface area contributed by atoms with Gasteiger partial charge in [0, 0.05) is 30.4 Å². The number of alkyl carbamates (subject to hydrolysis) is 1. The predicted octanol–water partition coefficient (Wildman–Crippen LogP) is 6.53. The van der Waals surface area contributed by atoms with Gasteiger partial charge in [-0.1, -0.05) is 62.7 Å². The summed E-state index contributed by atoms with van der Waals surface area (Å²) in [6, 6.07) is 11.2. The van der Waals surface area contributed by atoms with E-state index in [1.165, 1.54) is 17.3 Å². The number of amides is 2. The number of carbonyl (C=O) groups is 2. The van der Waals surface area contributed by atoms with Crippen molar-refractivity contribution in [3.8, 4) is 11.1 Å². The lowest BCUT2D eigenvalue weighted by atomic mass is 9.75. The molecule has 0 unspecified atom stereocenters. The standard InChI is InChI=1S/C32H36ClF2N7O3S/c1-31(2,3)17-32(21-8-5-18(6-9-21)20-14-38-41(15-20)28(34)35)27(43)42(29(36)40-32)25(16-45-30(44)39-22-10-11-22)19-7-12-24(33)23(13-19)26(46)37-4/h5-9,12-15,22,25,28H,10-11,16-17H2,1-4H3,(H2,36,40)(H,37,46)(H,39,44)/t25-,32-/m1/s1. The second-order valence-electron chi connectivity index (χ2n) is 12.7. The van der Waals surface area contributed by atoms with E-state index in [0.717, 1.165) is 12.8 Å². The third kappa shape index (κ3) is 7.05. The first-order chi connectivity index (χ1) is 21.7. The monoisotopic (exact) mass is 671 g/mol. The molecule has 46 heavy (non-hydrogen) atoms. The largest absolute Gasteiger partial charge is 0.447 e. The summed E-state index contributed by atoms with van der Waals surface area (Å²) in [6.07, 6.45) is 4.07. The van der Waals surface area contributed by atoms with Crippen LogP contribution >= 0.6 is 24.2 Å². The van der Waals surface area contributed by atoms with Crippen LogP contribution in [0.2, 0.25) is 5.02 Å². The van der Waals surface area contributed by atoms with Crippen molar-refractivity contribution in [3.63, 3.8) is 0 Å². The Morgan fingerprint density at radius 1 is 1.24 bits per heavy atom. The fourth-order valence-corrected chi connectivity index (χ4v) is 6.08. The number of rotatable bonds is 10. The Kier molecular flexibility index (Phi) is 9.46. The van der Waals surface area contributed by atoms with E-state index in [1.807, 2.05) is 20.8 Å². The summed E-state index contributed by atoms with van der Waals surface area (Å²) in [6.45, 7) is 2.99. The molecule has 10 nitrogen and oxygen atoms in total. The van der Waals surface area contributed by atoms with Gasteiger partial charge in [0.25, 0.3) is 5.91 Å². The van der Waals surface area contributed by atoms with Crippen LogP contribution < -0.4 is 10.6 Å². The molecular weight excluding hydrogens is 636 g/mol. The van der Waals surface area contributed by atoms with Crippen molar-refractivity contribution in [2.75, 3.05) is 13.7 Å². The summed E-state index contributed by atoms with van der Waals surface area (Å²) in [5.74, 6) is -0.576. The van der Waals surface area contributed by atoms with Crippen LogP contribution in [-0.2, 0) is 15.1 Å². The second-order valence-corrected chi connectivity index (χ2v) is 13.5. The molecule has 3 N–H and O–H groups in total. The van der Waals surface area contributed by atoms with Crippen molar-refractivity contribution >= 4 is 47.2 Å². The van der Waals surface area contributed by atoms with Crippen molar-refractivity contribution in [3.05, 3.63) is 76.6 Å². The van der Waals surface area contributed by atoms with Crippen molar-refractivity contribution in [2.24, 2.45) is 10.4 Å². The highest BCUT2D eigenvalue weighted by atomic mass is 35.5. The van der Waals surface area contributed by atoms with E-state index in [9.17, 15) is 18.4 Å². The Morgan fingerprint density at radius 3 is 2.52 bits per heavy atom. The lowest BCUT2D eigenvalue weighted by Gasteiger charge is -2.35. The molecule has 0 bridgehead atoms. The number of benzene rings is 2. The summed E-state index contributed by atoms with van der Waals surface area (Å²) in [5.41, 5.74) is 1.07. The number of thiol groups is 1. The van der Waals surface area contributed by atoms with E-state index in [2.05, 4.69) is 33.4 Å². The molecular formula is C32H36ClF2N7O3S. The molecule has 2 aliphatic rings. The SMILES string of the molecule is C/N=C(\S)c1cc([C@@H](COC(=O)NC2CC2)N2C(=N)N[C@](CC(C)(C)C)(c3ccc(-c4cnn(C(F)F)c4)cc3)C2=O)ccc1Cl. The Bertz CT molecular complexity index is 1670. The Balaban J connectivity index is 1.54. The van der Waals surface area contributed by atoms with Crippen LogP contribution in [0.5, 0.6) is 0 Å². The van der Waals surface area contributed by atoms with Gasteiger partial charge in [0.15, 0.2) is 5.96 Å². The molecule has 2 heterocycles. The third-order valence-electron chi connectivity index (χ3n) is 7.88. The zero-order valence-electron chi connectivity index (χ0n) is 25.9. The van der Waals surface area contributed by atoms with Gasteiger partial charge in [-0.3, -0.25) is 20.1 Å². The summed E-state index contributed by atoms with van der Waals surface area (Å²) in [5, 5.41) is 19.5. The maximum Gasteiger partial charge on any atom is 0.407 e.